The molecular weight excluding hydrogens is 340 g/mol. The Kier molecular flexibility index (Phi) is 8.36. The fourth-order valence-corrected chi connectivity index (χ4v) is 2.73. The van der Waals surface area contributed by atoms with Crippen molar-refractivity contribution < 1.29 is 14.3 Å². The molecule has 2 rings (SSSR count). The summed E-state index contributed by atoms with van der Waals surface area (Å²) in [5.74, 6) is 0.605. The monoisotopic (exact) mass is 368 g/mol. The summed E-state index contributed by atoms with van der Waals surface area (Å²) in [5, 5.41) is 2.89. The smallest absolute Gasteiger partial charge is 0.244 e. The number of amides is 2. The first-order chi connectivity index (χ1) is 13.1. The maximum absolute atomic E-state index is 12.5. The fraction of sp³-hybridized carbons (Fsp3) is 0.364. The minimum Gasteiger partial charge on any atom is -0.494 e. The van der Waals surface area contributed by atoms with Crippen molar-refractivity contribution in [3.05, 3.63) is 60.2 Å². The van der Waals surface area contributed by atoms with Crippen LogP contribution in [0.3, 0.4) is 0 Å². The van der Waals surface area contributed by atoms with E-state index in [0.717, 1.165) is 23.4 Å². The topological polar surface area (TPSA) is 58.6 Å². The molecule has 5 nitrogen and oxygen atoms in total. The molecule has 27 heavy (non-hydrogen) atoms. The van der Waals surface area contributed by atoms with E-state index in [2.05, 4.69) is 5.32 Å². The zero-order chi connectivity index (χ0) is 19.5. The van der Waals surface area contributed by atoms with Gasteiger partial charge in [0.1, 0.15) is 5.75 Å². The molecule has 0 radical (unpaired) electrons. The number of benzene rings is 2. The van der Waals surface area contributed by atoms with Gasteiger partial charge in [-0.05, 0) is 43.5 Å². The van der Waals surface area contributed by atoms with Gasteiger partial charge < -0.3 is 15.0 Å². The molecule has 0 heterocycles. The Labute approximate surface area is 161 Å². The van der Waals surface area contributed by atoms with Gasteiger partial charge in [-0.1, -0.05) is 43.3 Å². The van der Waals surface area contributed by atoms with Gasteiger partial charge >= 0.3 is 0 Å². The largest absolute Gasteiger partial charge is 0.494 e. The highest BCUT2D eigenvalue weighted by Gasteiger charge is 2.16. The van der Waals surface area contributed by atoms with Crippen molar-refractivity contribution in [3.8, 4) is 5.75 Å². The number of rotatable bonds is 10. The van der Waals surface area contributed by atoms with E-state index in [1.165, 1.54) is 0 Å². The van der Waals surface area contributed by atoms with Gasteiger partial charge in [0.15, 0.2) is 0 Å². The molecule has 5 heteroatoms. The zero-order valence-electron chi connectivity index (χ0n) is 16.1. The first-order valence-electron chi connectivity index (χ1n) is 9.41. The van der Waals surface area contributed by atoms with Crippen molar-refractivity contribution in [1.82, 2.24) is 4.90 Å². The second kappa shape index (κ2) is 11.0. The summed E-state index contributed by atoms with van der Waals surface area (Å²) in [6.45, 7) is 5.06. The lowest BCUT2D eigenvalue weighted by atomic mass is 10.2. The standard InChI is InChI=1S/C22H28N2O3/c1-3-15-24(17-21(25)23-20-13-8-7-10-18(20)2)22(26)14-9-16-27-19-11-5-4-6-12-19/h4-8,10-13H,3,9,14-17H2,1-2H3,(H,23,25). The number of nitrogens with zero attached hydrogens (tertiary/aromatic N) is 1. The van der Waals surface area contributed by atoms with E-state index in [1.807, 2.05) is 68.4 Å². The molecule has 2 amide bonds. The van der Waals surface area contributed by atoms with Gasteiger partial charge in [0, 0.05) is 18.7 Å². The van der Waals surface area contributed by atoms with Crippen molar-refractivity contribution in [3.63, 3.8) is 0 Å². The predicted molar refractivity (Wildman–Crippen MR) is 108 cm³/mol. The Morgan fingerprint density at radius 2 is 1.74 bits per heavy atom. The number of ether oxygens (including phenoxy) is 1. The van der Waals surface area contributed by atoms with E-state index in [4.69, 9.17) is 4.74 Å². The highest BCUT2D eigenvalue weighted by atomic mass is 16.5. The number of carbonyl (C=O) groups excluding carboxylic acids is 2. The lowest BCUT2D eigenvalue weighted by Crippen LogP contribution is -2.38. The molecule has 0 saturated carbocycles. The van der Waals surface area contributed by atoms with Crippen LogP contribution < -0.4 is 10.1 Å². The summed E-state index contributed by atoms with van der Waals surface area (Å²) in [6, 6.07) is 17.1. The molecular formula is C22H28N2O3. The lowest BCUT2D eigenvalue weighted by Gasteiger charge is -2.22. The first kappa shape index (κ1) is 20.5. The van der Waals surface area contributed by atoms with Crippen LogP contribution in [-0.4, -0.2) is 36.4 Å². The van der Waals surface area contributed by atoms with E-state index >= 15 is 0 Å². The fourth-order valence-electron chi connectivity index (χ4n) is 2.73. The van der Waals surface area contributed by atoms with E-state index < -0.39 is 0 Å². The molecule has 0 fully saturated rings. The Balaban J connectivity index is 1.79. The van der Waals surface area contributed by atoms with Gasteiger partial charge in [0.25, 0.3) is 0 Å². The maximum Gasteiger partial charge on any atom is 0.244 e. The number of anilines is 1. The van der Waals surface area contributed by atoms with Crippen molar-refractivity contribution in [2.75, 3.05) is 25.0 Å². The SMILES string of the molecule is CCCN(CC(=O)Nc1ccccc1C)C(=O)CCCOc1ccccc1. The molecule has 0 aliphatic carbocycles. The van der Waals surface area contributed by atoms with Crippen molar-refractivity contribution >= 4 is 17.5 Å². The van der Waals surface area contributed by atoms with Crippen LogP contribution in [0.2, 0.25) is 0 Å². The number of carbonyl (C=O) groups is 2. The van der Waals surface area contributed by atoms with Crippen LogP contribution in [0.15, 0.2) is 54.6 Å². The number of hydrogen-bond acceptors (Lipinski definition) is 3. The lowest BCUT2D eigenvalue weighted by molar-refractivity contribution is -0.134. The average molecular weight is 368 g/mol. The molecule has 144 valence electrons. The zero-order valence-corrected chi connectivity index (χ0v) is 16.1. The summed E-state index contributed by atoms with van der Waals surface area (Å²) in [5.41, 5.74) is 1.78. The minimum absolute atomic E-state index is 0.0200. The van der Waals surface area contributed by atoms with E-state index in [1.54, 1.807) is 4.90 Å². The predicted octanol–water partition coefficient (Wildman–Crippen LogP) is 4.03. The molecule has 0 atom stereocenters. The Bertz CT molecular complexity index is 731. The van der Waals surface area contributed by atoms with Gasteiger partial charge in [0.2, 0.25) is 11.8 Å². The first-order valence-corrected chi connectivity index (χ1v) is 9.41. The Morgan fingerprint density at radius 3 is 2.44 bits per heavy atom. The van der Waals surface area contributed by atoms with Crippen molar-refractivity contribution in [2.45, 2.75) is 33.1 Å². The molecule has 0 saturated heterocycles. The number of hydrogen-bond donors (Lipinski definition) is 1. The minimum atomic E-state index is -0.174. The second-order valence-corrected chi connectivity index (χ2v) is 6.44. The molecule has 1 N–H and O–H groups in total. The van der Waals surface area contributed by atoms with E-state index in [-0.39, 0.29) is 18.4 Å². The molecule has 2 aromatic carbocycles. The molecule has 0 unspecified atom stereocenters. The van der Waals surface area contributed by atoms with Crippen LogP contribution in [0, 0.1) is 6.92 Å². The molecule has 0 aromatic heterocycles. The summed E-state index contributed by atoms with van der Waals surface area (Å²) in [4.78, 5) is 26.5. The van der Waals surface area contributed by atoms with Crippen LogP contribution in [0.4, 0.5) is 5.69 Å². The Hall–Kier alpha value is -2.82. The van der Waals surface area contributed by atoms with E-state index in [0.29, 0.717) is 26.0 Å². The quantitative estimate of drug-likeness (QED) is 0.644. The van der Waals surface area contributed by atoms with Gasteiger partial charge in [-0.15, -0.1) is 0 Å². The molecule has 0 aliphatic rings. The summed E-state index contributed by atoms with van der Waals surface area (Å²) < 4.78 is 5.62. The Morgan fingerprint density at radius 1 is 1.04 bits per heavy atom. The van der Waals surface area contributed by atoms with Gasteiger partial charge in [-0.2, -0.15) is 0 Å². The third kappa shape index (κ3) is 7.13. The molecule has 0 aliphatic heterocycles. The number of aryl methyl sites for hydroxylation is 1. The second-order valence-electron chi connectivity index (χ2n) is 6.44. The van der Waals surface area contributed by atoms with Crippen molar-refractivity contribution in [2.24, 2.45) is 0 Å². The molecule has 2 aromatic rings. The highest BCUT2D eigenvalue weighted by Crippen LogP contribution is 2.13. The maximum atomic E-state index is 12.5. The summed E-state index contributed by atoms with van der Waals surface area (Å²) in [6.07, 6.45) is 1.79. The third-order valence-electron chi connectivity index (χ3n) is 4.15. The van der Waals surface area contributed by atoms with Crippen LogP contribution in [0.1, 0.15) is 31.7 Å². The number of para-hydroxylation sites is 2. The van der Waals surface area contributed by atoms with Gasteiger partial charge in [-0.25, -0.2) is 0 Å². The average Bonchev–Trinajstić information content (AvgIpc) is 2.67. The molecule has 0 spiro atoms. The summed E-state index contributed by atoms with van der Waals surface area (Å²) >= 11 is 0. The number of nitrogens with one attached hydrogen (secondary N) is 1. The third-order valence-corrected chi connectivity index (χ3v) is 4.15. The van der Waals surface area contributed by atoms with Crippen LogP contribution in [0.25, 0.3) is 0 Å². The molecule has 0 bridgehead atoms. The summed E-state index contributed by atoms with van der Waals surface area (Å²) in [7, 11) is 0. The highest BCUT2D eigenvalue weighted by molar-refractivity contribution is 5.95. The van der Waals surface area contributed by atoms with Crippen LogP contribution in [-0.2, 0) is 9.59 Å². The van der Waals surface area contributed by atoms with Gasteiger partial charge in [0.05, 0.1) is 13.2 Å². The van der Waals surface area contributed by atoms with Crippen molar-refractivity contribution in [1.29, 1.82) is 0 Å². The van der Waals surface area contributed by atoms with E-state index in [9.17, 15) is 9.59 Å². The van der Waals surface area contributed by atoms with Crippen LogP contribution in [0.5, 0.6) is 5.75 Å². The normalized spacial score (nSPS) is 10.3. The van der Waals surface area contributed by atoms with Crippen LogP contribution >= 0.6 is 0 Å². The van der Waals surface area contributed by atoms with Gasteiger partial charge in [-0.3, -0.25) is 9.59 Å².